The Morgan fingerprint density at radius 1 is 0.600 bits per heavy atom. The maximum atomic E-state index is 13.0. The molecule has 0 aromatic carbocycles. The van der Waals surface area contributed by atoms with Gasteiger partial charge in [-0.25, -0.2) is 13.9 Å². The van der Waals surface area contributed by atoms with Gasteiger partial charge >= 0.3 is 42.5 Å². The minimum absolute atomic E-state index is 0.689. The fourth-order valence-corrected chi connectivity index (χ4v) is 1.26. The maximum Gasteiger partial charge on any atom is 0.460 e. The minimum atomic E-state index is -7.92. The van der Waals surface area contributed by atoms with Crippen LogP contribution < -0.4 is 0 Å². The quantitative estimate of drug-likeness (QED) is 0.352. The van der Waals surface area contributed by atoms with Crippen LogP contribution in [0.5, 0.6) is 0 Å². The van der Waals surface area contributed by atoms with E-state index >= 15 is 0 Å². The smallest absolute Gasteiger partial charge is 0.369 e. The second-order valence-electron chi connectivity index (χ2n) is 5.33. The molecule has 0 rings (SSSR count). The SMILES string of the molecule is C[C@H](F)COCC(F)(F)OC(F)(F)C(F)(F)OC(F)(F)C(F)(F)C(F)(F)C(F)(F)F. The third kappa shape index (κ3) is 6.14. The number of hydrogen-bond acceptors (Lipinski definition) is 3. The van der Waals surface area contributed by atoms with Crippen molar-refractivity contribution in [2.24, 2.45) is 0 Å². The van der Waals surface area contributed by atoms with E-state index in [9.17, 15) is 70.2 Å². The summed E-state index contributed by atoms with van der Waals surface area (Å²) in [6.07, 6.45) is -37.1. The van der Waals surface area contributed by atoms with Gasteiger partial charge in [-0.2, -0.15) is 65.9 Å². The Morgan fingerprint density at radius 3 is 1.37 bits per heavy atom. The molecular formula is C11H8F16O3. The summed E-state index contributed by atoms with van der Waals surface area (Å²) in [7, 11) is 0. The second-order valence-corrected chi connectivity index (χ2v) is 5.33. The van der Waals surface area contributed by atoms with Crippen LogP contribution >= 0.6 is 0 Å². The van der Waals surface area contributed by atoms with Gasteiger partial charge in [0, 0.05) is 0 Å². The van der Waals surface area contributed by atoms with Gasteiger partial charge in [0.1, 0.15) is 12.8 Å². The van der Waals surface area contributed by atoms with Crippen molar-refractivity contribution < 1.29 is 84.5 Å². The number of halogens is 16. The Bertz CT molecular complexity index is 569. The molecule has 0 spiro atoms. The highest BCUT2D eigenvalue weighted by Crippen LogP contribution is 2.55. The average molecular weight is 492 g/mol. The Balaban J connectivity index is 5.65. The first-order chi connectivity index (χ1) is 12.8. The van der Waals surface area contributed by atoms with Crippen molar-refractivity contribution in [3.63, 3.8) is 0 Å². The van der Waals surface area contributed by atoms with E-state index in [1.54, 1.807) is 0 Å². The van der Waals surface area contributed by atoms with Gasteiger partial charge in [0.15, 0.2) is 0 Å². The molecule has 0 aromatic heterocycles. The Kier molecular flexibility index (Phi) is 8.02. The lowest BCUT2D eigenvalue weighted by Gasteiger charge is -2.36. The van der Waals surface area contributed by atoms with Crippen molar-refractivity contribution in [2.45, 2.75) is 55.6 Å². The summed E-state index contributed by atoms with van der Waals surface area (Å²) >= 11 is 0. The molecule has 0 saturated heterocycles. The number of hydrogen-bond donors (Lipinski definition) is 0. The molecule has 30 heavy (non-hydrogen) atoms. The van der Waals surface area contributed by atoms with Crippen LogP contribution in [0.1, 0.15) is 6.92 Å². The minimum Gasteiger partial charge on any atom is -0.369 e. The third-order valence-corrected chi connectivity index (χ3v) is 2.61. The first kappa shape index (κ1) is 28.8. The van der Waals surface area contributed by atoms with Gasteiger partial charge in [-0.15, -0.1) is 0 Å². The third-order valence-electron chi connectivity index (χ3n) is 2.61. The average Bonchev–Trinajstić information content (AvgIpc) is 2.42. The summed E-state index contributed by atoms with van der Waals surface area (Å²) in [6.45, 7) is -2.98. The zero-order chi connectivity index (χ0) is 24.6. The molecule has 0 heterocycles. The largest absolute Gasteiger partial charge is 0.460 e. The summed E-state index contributed by atoms with van der Waals surface area (Å²) in [5.41, 5.74) is 0. The molecule has 0 radical (unpaired) electrons. The van der Waals surface area contributed by atoms with E-state index in [0.717, 1.165) is 0 Å². The van der Waals surface area contributed by atoms with E-state index < -0.39 is 61.8 Å². The van der Waals surface area contributed by atoms with E-state index in [1.807, 2.05) is 0 Å². The molecule has 182 valence electrons. The van der Waals surface area contributed by atoms with E-state index in [2.05, 4.69) is 9.47 Å². The standard InChI is InChI=1S/C11H8F16O3/c1-4(12)2-28-3-5(13,14)29-10(24,25)11(26,27)30-9(22,23)7(17,18)6(15,16)8(19,20)21/h4H,2-3H2,1H3/t4-/m0/s1. The van der Waals surface area contributed by atoms with Crippen LogP contribution in [0.15, 0.2) is 0 Å². The lowest BCUT2D eigenvalue weighted by atomic mass is 10.1. The lowest BCUT2D eigenvalue weighted by Crippen LogP contribution is -2.64. The summed E-state index contributed by atoms with van der Waals surface area (Å²) < 4.78 is 209. The molecule has 3 nitrogen and oxygen atoms in total. The topological polar surface area (TPSA) is 27.7 Å². The molecule has 0 unspecified atom stereocenters. The number of alkyl halides is 16. The summed E-state index contributed by atoms with van der Waals surface area (Å²) in [5.74, 6) is -15.7. The van der Waals surface area contributed by atoms with Crippen molar-refractivity contribution in [1.29, 1.82) is 0 Å². The summed E-state index contributed by atoms with van der Waals surface area (Å²) in [6, 6.07) is 0. The van der Waals surface area contributed by atoms with Crippen LogP contribution in [0.4, 0.5) is 70.2 Å². The molecule has 0 amide bonds. The van der Waals surface area contributed by atoms with Gasteiger partial charge in [0.05, 0.1) is 6.61 Å². The number of ether oxygens (including phenoxy) is 3. The van der Waals surface area contributed by atoms with Crippen molar-refractivity contribution in [3.05, 3.63) is 0 Å². The van der Waals surface area contributed by atoms with E-state index in [0.29, 0.717) is 6.92 Å². The van der Waals surface area contributed by atoms with Crippen molar-refractivity contribution >= 4 is 0 Å². The molecule has 0 aliphatic carbocycles. The fraction of sp³-hybridized carbons (Fsp3) is 1.00. The Morgan fingerprint density at radius 2 is 1.00 bits per heavy atom. The van der Waals surface area contributed by atoms with E-state index in [4.69, 9.17) is 0 Å². The summed E-state index contributed by atoms with van der Waals surface area (Å²) in [4.78, 5) is 0. The van der Waals surface area contributed by atoms with Crippen LogP contribution in [-0.4, -0.2) is 61.8 Å². The van der Waals surface area contributed by atoms with Crippen LogP contribution in [0.25, 0.3) is 0 Å². The molecule has 0 aliphatic heterocycles. The molecule has 0 saturated carbocycles. The highest BCUT2D eigenvalue weighted by Gasteiger charge is 2.85. The molecule has 0 aliphatic rings. The first-order valence-electron chi connectivity index (χ1n) is 6.79. The normalized spacial score (nSPS) is 16.7. The number of rotatable bonds is 11. The highest BCUT2D eigenvalue weighted by atomic mass is 19.4. The monoisotopic (exact) mass is 492 g/mol. The van der Waals surface area contributed by atoms with Crippen LogP contribution in [0, 0.1) is 0 Å². The molecule has 0 aromatic rings. The van der Waals surface area contributed by atoms with Crippen LogP contribution in [-0.2, 0) is 14.2 Å². The zero-order valence-corrected chi connectivity index (χ0v) is 13.8. The van der Waals surface area contributed by atoms with Gasteiger partial charge in [0.25, 0.3) is 0 Å². The van der Waals surface area contributed by atoms with Crippen LogP contribution in [0.3, 0.4) is 0 Å². The summed E-state index contributed by atoms with van der Waals surface area (Å²) in [5, 5.41) is 0. The van der Waals surface area contributed by atoms with Crippen molar-refractivity contribution in [3.8, 4) is 0 Å². The fourth-order valence-electron chi connectivity index (χ4n) is 1.26. The van der Waals surface area contributed by atoms with Gasteiger partial charge in [-0.05, 0) is 6.92 Å². The Labute approximate surface area is 154 Å². The maximum absolute atomic E-state index is 13.0. The second kappa shape index (κ2) is 8.36. The van der Waals surface area contributed by atoms with E-state index in [1.165, 1.54) is 4.74 Å². The molecular weight excluding hydrogens is 484 g/mol. The molecule has 0 N–H and O–H groups in total. The van der Waals surface area contributed by atoms with E-state index in [-0.39, 0.29) is 0 Å². The van der Waals surface area contributed by atoms with Gasteiger partial charge in [-0.3, -0.25) is 0 Å². The van der Waals surface area contributed by atoms with Crippen molar-refractivity contribution in [1.82, 2.24) is 0 Å². The highest BCUT2D eigenvalue weighted by molar-refractivity contribution is 4.97. The molecule has 19 heteroatoms. The predicted octanol–water partition coefficient (Wildman–Crippen LogP) is 5.60. The van der Waals surface area contributed by atoms with Gasteiger partial charge in [0.2, 0.25) is 0 Å². The van der Waals surface area contributed by atoms with Gasteiger partial charge in [-0.1, -0.05) is 0 Å². The lowest BCUT2D eigenvalue weighted by molar-refractivity contribution is -0.543. The van der Waals surface area contributed by atoms with Crippen LogP contribution in [0.2, 0.25) is 0 Å². The molecule has 1 atom stereocenters. The molecule has 0 fully saturated rings. The zero-order valence-electron chi connectivity index (χ0n) is 13.8. The van der Waals surface area contributed by atoms with Crippen molar-refractivity contribution in [2.75, 3.05) is 13.2 Å². The molecule has 0 bridgehead atoms. The van der Waals surface area contributed by atoms with Gasteiger partial charge < -0.3 is 4.74 Å². The predicted molar refractivity (Wildman–Crippen MR) is 59.3 cm³/mol. The Hall–Kier alpha value is -1.24. The first-order valence-corrected chi connectivity index (χ1v) is 6.79.